The number of rotatable bonds is 7. The summed E-state index contributed by atoms with van der Waals surface area (Å²) in [6, 6.07) is 15.3. The third kappa shape index (κ3) is 5.11. The van der Waals surface area contributed by atoms with Crippen molar-refractivity contribution in [3.8, 4) is 5.75 Å². The molecule has 1 N–H and O–H groups in total. The number of amides is 1. The molecule has 0 aliphatic rings. The fourth-order valence-corrected chi connectivity index (χ4v) is 3.45. The average Bonchev–Trinajstić information content (AvgIpc) is 3.01. The van der Waals surface area contributed by atoms with E-state index in [-0.39, 0.29) is 11.7 Å². The van der Waals surface area contributed by atoms with Gasteiger partial charge in [-0.25, -0.2) is 0 Å². The molecule has 3 rings (SSSR count). The second-order valence-corrected chi connectivity index (χ2v) is 7.63. The molecule has 0 saturated carbocycles. The summed E-state index contributed by atoms with van der Waals surface area (Å²) in [6.07, 6.45) is 0. The Hall–Kier alpha value is -2.32. The summed E-state index contributed by atoms with van der Waals surface area (Å²) in [5, 5.41) is 11.9. The number of carbonyl (C=O) groups is 1. The predicted octanol–water partition coefficient (Wildman–Crippen LogP) is 4.20. The number of hydrogen-bond acceptors (Lipinski definition) is 5. The molecule has 2 aromatic carbocycles. The van der Waals surface area contributed by atoms with E-state index in [0.717, 1.165) is 21.5 Å². The average molecular weight is 447 g/mol. The molecule has 0 unspecified atom stereocenters. The Balaban J connectivity index is 1.55. The molecule has 3 aromatic rings. The van der Waals surface area contributed by atoms with Crippen LogP contribution in [-0.2, 0) is 18.4 Å². The van der Waals surface area contributed by atoms with Crippen molar-refractivity contribution in [2.75, 3.05) is 11.1 Å². The van der Waals surface area contributed by atoms with Gasteiger partial charge in [0.2, 0.25) is 5.91 Å². The first-order valence-corrected chi connectivity index (χ1v) is 10.1. The lowest BCUT2D eigenvalue weighted by atomic mass is 10.2. The fourth-order valence-electron chi connectivity index (χ4n) is 2.34. The monoisotopic (exact) mass is 446 g/mol. The summed E-state index contributed by atoms with van der Waals surface area (Å²) < 4.78 is 8.50. The van der Waals surface area contributed by atoms with Crippen LogP contribution in [-0.4, -0.2) is 26.4 Å². The van der Waals surface area contributed by atoms with Crippen molar-refractivity contribution in [3.63, 3.8) is 0 Å². The highest BCUT2D eigenvalue weighted by atomic mass is 79.9. The molecule has 1 amide bonds. The van der Waals surface area contributed by atoms with Crippen LogP contribution in [0.2, 0.25) is 0 Å². The zero-order valence-corrected chi connectivity index (χ0v) is 17.4. The van der Waals surface area contributed by atoms with Gasteiger partial charge < -0.3 is 14.6 Å². The van der Waals surface area contributed by atoms with E-state index in [0.29, 0.717) is 17.6 Å². The minimum Gasteiger partial charge on any atom is -0.485 e. The maximum absolute atomic E-state index is 12.2. The van der Waals surface area contributed by atoms with Crippen LogP contribution >= 0.6 is 27.7 Å². The summed E-state index contributed by atoms with van der Waals surface area (Å²) in [4.78, 5) is 12.2. The Morgan fingerprint density at radius 2 is 1.93 bits per heavy atom. The maximum Gasteiger partial charge on any atom is 0.234 e. The first-order valence-electron chi connectivity index (χ1n) is 8.28. The molecule has 27 heavy (non-hydrogen) atoms. The normalized spacial score (nSPS) is 10.6. The number of hydrogen-bond donors (Lipinski definition) is 1. The molecule has 0 aliphatic heterocycles. The summed E-state index contributed by atoms with van der Waals surface area (Å²) >= 11 is 4.75. The summed E-state index contributed by atoms with van der Waals surface area (Å²) in [5.74, 6) is 1.66. The Morgan fingerprint density at radius 3 is 2.70 bits per heavy atom. The van der Waals surface area contributed by atoms with E-state index in [4.69, 9.17) is 4.74 Å². The Morgan fingerprint density at radius 1 is 1.19 bits per heavy atom. The van der Waals surface area contributed by atoms with Gasteiger partial charge in [-0.3, -0.25) is 4.79 Å². The molecular formula is C19H19BrN4O2S. The lowest BCUT2D eigenvalue weighted by Crippen LogP contribution is -2.15. The first-order chi connectivity index (χ1) is 13.0. The van der Waals surface area contributed by atoms with Crippen LogP contribution in [0.3, 0.4) is 0 Å². The van der Waals surface area contributed by atoms with Gasteiger partial charge in [0.15, 0.2) is 11.0 Å². The SMILES string of the molecule is Cc1ccccc1OCc1nnc(SCC(=O)Nc2ccccc2Br)n1C. The smallest absolute Gasteiger partial charge is 0.234 e. The minimum absolute atomic E-state index is 0.104. The number of ether oxygens (including phenoxy) is 1. The van der Waals surface area contributed by atoms with Gasteiger partial charge in [-0.05, 0) is 46.6 Å². The highest BCUT2D eigenvalue weighted by Crippen LogP contribution is 2.23. The number of aryl methyl sites for hydroxylation is 1. The first kappa shape index (κ1) is 19.4. The lowest BCUT2D eigenvalue weighted by molar-refractivity contribution is -0.113. The van der Waals surface area contributed by atoms with Crippen molar-refractivity contribution >= 4 is 39.3 Å². The lowest BCUT2D eigenvalue weighted by Gasteiger charge is -2.09. The Bertz CT molecular complexity index is 945. The molecule has 6 nitrogen and oxygen atoms in total. The highest BCUT2D eigenvalue weighted by Gasteiger charge is 2.13. The van der Waals surface area contributed by atoms with E-state index in [2.05, 4.69) is 31.4 Å². The second kappa shape index (κ2) is 9.05. The largest absolute Gasteiger partial charge is 0.485 e. The zero-order chi connectivity index (χ0) is 19.2. The molecule has 0 bridgehead atoms. The van der Waals surface area contributed by atoms with Crippen LogP contribution in [0, 0.1) is 6.92 Å². The van der Waals surface area contributed by atoms with Crippen molar-refractivity contribution in [1.29, 1.82) is 0 Å². The number of thioether (sulfide) groups is 1. The molecule has 0 radical (unpaired) electrons. The summed E-state index contributed by atoms with van der Waals surface area (Å²) in [6.45, 7) is 2.31. The number of halogens is 1. The topological polar surface area (TPSA) is 69.0 Å². The van der Waals surface area contributed by atoms with Crippen LogP contribution in [0.1, 0.15) is 11.4 Å². The van der Waals surface area contributed by atoms with E-state index in [1.54, 1.807) is 0 Å². The molecule has 0 saturated heterocycles. The zero-order valence-electron chi connectivity index (χ0n) is 15.0. The quantitative estimate of drug-likeness (QED) is 0.550. The van der Waals surface area contributed by atoms with Gasteiger partial charge >= 0.3 is 0 Å². The van der Waals surface area contributed by atoms with E-state index in [9.17, 15) is 4.79 Å². The van der Waals surface area contributed by atoms with Crippen LogP contribution in [0.25, 0.3) is 0 Å². The van der Waals surface area contributed by atoms with Crippen molar-refractivity contribution in [2.45, 2.75) is 18.7 Å². The van der Waals surface area contributed by atoms with Gasteiger partial charge in [0.1, 0.15) is 12.4 Å². The van der Waals surface area contributed by atoms with Crippen molar-refractivity contribution in [3.05, 3.63) is 64.4 Å². The number of nitrogens with one attached hydrogen (secondary N) is 1. The molecule has 1 heterocycles. The van der Waals surface area contributed by atoms with Gasteiger partial charge in [0.05, 0.1) is 11.4 Å². The van der Waals surface area contributed by atoms with Crippen LogP contribution in [0.15, 0.2) is 58.2 Å². The van der Waals surface area contributed by atoms with E-state index in [1.807, 2.05) is 67.1 Å². The third-order valence-electron chi connectivity index (χ3n) is 3.86. The van der Waals surface area contributed by atoms with Gasteiger partial charge in [0.25, 0.3) is 0 Å². The molecule has 140 valence electrons. The molecule has 0 atom stereocenters. The number of aromatic nitrogens is 3. The maximum atomic E-state index is 12.2. The van der Waals surface area contributed by atoms with Crippen LogP contribution < -0.4 is 10.1 Å². The van der Waals surface area contributed by atoms with Crippen molar-refractivity contribution in [2.24, 2.45) is 7.05 Å². The highest BCUT2D eigenvalue weighted by molar-refractivity contribution is 9.10. The van der Waals surface area contributed by atoms with Crippen molar-refractivity contribution < 1.29 is 9.53 Å². The number of para-hydroxylation sites is 2. The number of benzene rings is 2. The van der Waals surface area contributed by atoms with Gasteiger partial charge in [-0.15, -0.1) is 10.2 Å². The van der Waals surface area contributed by atoms with Gasteiger partial charge in [-0.2, -0.15) is 0 Å². The molecule has 0 spiro atoms. The Kier molecular flexibility index (Phi) is 6.52. The molecule has 0 aliphatic carbocycles. The summed E-state index contributed by atoms with van der Waals surface area (Å²) in [5.41, 5.74) is 1.81. The number of anilines is 1. The minimum atomic E-state index is -0.104. The Labute approximate surface area is 170 Å². The molecular weight excluding hydrogens is 428 g/mol. The number of nitrogens with zero attached hydrogens (tertiary/aromatic N) is 3. The van der Waals surface area contributed by atoms with E-state index < -0.39 is 0 Å². The van der Waals surface area contributed by atoms with Gasteiger partial charge in [-0.1, -0.05) is 42.1 Å². The fraction of sp³-hybridized carbons (Fsp3) is 0.211. The van der Waals surface area contributed by atoms with E-state index in [1.165, 1.54) is 11.8 Å². The molecule has 0 fully saturated rings. The number of carbonyl (C=O) groups excluding carboxylic acids is 1. The predicted molar refractivity (Wildman–Crippen MR) is 110 cm³/mol. The molecule has 8 heteroatoms. The van der Waals surface area contributed by atoms with Crippen molar-refractivity contribution in [1.82, 2.24) is 14.8 Å². The standard InChI is InChI=1S/C19H19BrN4O2S/c1-13-7-3-6-10-16(13)26-11-17-22-23-19(24(17)2)27-12-18(25)21-15-9-5-4-8-14(15)20/h3-10H,11-12H2,1-2H3,(H,21,25). The van der Waals surface area contributed by atoms with E-state index >= 15 is 0 Å². The van der Waals surface area contributed by atoms with Crippen LogP contribution in [0.4, 0.5) is 5.69 Å². The van der Waals surface area contributed by atoms with Gasteiger partial charge in [0, 0.05) is 11.5 Å². The third-order valence-corrected chi connectivity index (χ3v) is 5.57. The second-order valence-electron chi connectivity index (χ2n) is 5.83. The molecule has 1 aromatic heterocycles. The summed E-state index contributed by atoms with van der Waals surface area (Å²) in [7, 11) is 1.87. The van der Waals surface area contributed by atoms with Crippen LogP contribution in [0.5, 0.6) is 5.75 Å².